The van der Waals surface area contributed by atoms with Crippen LogP contribution in [0.25, 0.3) is 0 Å². The minimum atomic E-state index is -0.335. The molecule has 0 bridgehead atoms. The van der Waals surface area contributed by atoms with Gasteiger partial charge in [0.25, 0.3) is 0 Å². The molecule has 0 aliphatic carbocycles. The third kappa shape index (κ3) is 6.30. The van der Waals surface area contributed by atoms with Gasteiger partial charge < -0.3 is 10.0 Å². The number of amides is 1. The first-order valence-corrected chi connectivity index (χ1v) is 7.97. The van der Waals surface area contributed by atoms with Gasteiger partial charge >= 0.3 is 0 Å². The van der Waals surface area contributed by atoms with E-state index in [4.69, 9.17) is 5.26 Å². The van der Waals surface area contributed by atoms with Gasteiger partial charge in [-0.2, -0.15) is 5.26 Å². The van der Waals surface area contributed by atoms with E-state index in [9.17, 15) is 9.90 Å². The van der Waals surface area contributed by atoms with Crippen LogP contribution in [0.3, 0.4) is 0 Å². The second-order valence-corrected chi connectivity index (χ2v) is 7.18. The number of aliphatic hydroxyl groups excluding tert-OH is 1. The van der Waals surface area contributed by atoms with E-state index in [1.807, 2.05) is 20.8 Å². The number of aliphatic hydroxyl groups is 1. The van der Waals surface area contributed by atoms with Crippen molar-refractivity contribution < 1.29 is 9.90 Å². The molecule has 0 radical (unpaired) electrons. The smallest absolute Gasteiger partial charge is 0.236 e. The molecule has 0 aromatic heterocycles. The zero-order chi connectivity index (χ0) is 16.8. The summed E-state index contributed by atoms with van der Waals surface area (Å²) in [6, 6.07) is 2.06. The number of piperazine rings is 1. The van der Waals surface area contributed by atoms with Gasteiger partial charge in [0.15, 0.2) is 0 Å². The van der Waals surface area contributed by atoms with Gasteiger partial charge in [0, 0.05) is 46.3 Å². The van der Waals surface area contributed by atoms with Crippen LogP contribution in [-0.2, 0) is 4.79 Å². The maximum Gasteiger partial charge on any atom is 0.236 e. The Morgan fingerprint density at radius 2 is 1.82 bits per heavy atom. The Kier molecular flexibility index (Phi) is 7.27. The van der Waals surface area contributed by atoms with Crippen LogP contribution >= 0.6 is 0 Å². The number of nitrogens with zero attached hydrogens (tertiary/aromatic N) is 4. The monoisotopic (exact) mass is 310 g/mol. The lowest BCUT2D eigenvalue weighted by molar-refractivity contribution is -0.131. The molecule has 1 amide bonds. The molecule has 6 nitrogen and oxygen atoms in total. The van der Waals surface area contributed by atoms with E-state index in [0.29, 0.717) is 26.1 Å². The number of rotatable bonds is 6. The molecule has 1 saturated heterocycles. The Hall–Kier alpha value is -1.16. The fourth-order valence-corrected chi connectivity index (χ4v) is 2.30. The van der Waals surface area contributed by atoms with Crippen molar-refractivity contribution in [1.29, 1.82) is 5.26 Å². The molecule has 1 aliphatic heterocycles. The molecule has 0 aromatic rings. The normalized spacial score (nSPS) is 18.7. The molecule has 1 fully saturated rings. The molecular formula is C16H30N4O2. The first kappa shape index (κ1) is 18.9. The van der Waals surface area contributed by atoms with Crippen LogP contribution in [0.2, 0.25) is 0 Å². The van der Waals surface area contributed by atoms with Crippen LogP contribution in [0.5, 0.6) is 0 Å². The Balaban J connectivity index is 2.31. The molecule has 1 heterocycles. The highest BCUT2D eigenvalue weighted by Crippen LogP contribution is 2.20. The van der Waals surface area contributed by atoms with Gasteiger partial charge in [-0.3, -0.25) is 14.6 Å². The minimum absolute atomic E-state index is 0.0680. The molecular weight excluding hydrogens is 280 g/mol. The molecule has 22 heavy (non-hydrogen) atoms. The van der Waals surface area contributed by atoms with Crippen LogP contribution in [0.4, 0.5) is 0 Å². The largest absolute Gasteiger partial charge is 0.391 e. The summed E-state index contributed by atoms with van der Waals surface area (Å²) in [4.78, 5) is 18.1. The fourth-order valence-electron chi connectivity index (χ4n) is 2.30. The lowest BCUT2D eigenvalue weighted by Gasteiger charge is -2.38. The fraction of sp³-hybridized carbons (Fsp3) is 0.875. The van der Waals surface area contributed by atoms with Gasteiger partial charge in [0.2, 0.25) is 5.91 Å². The summed E-state index contributed by atoms with van der Waals surface area (Å²) in [7, 11) is 1.75. The van der Waals surface area contributed by atoms with Crippen molar-refractivity contribution in [3.63, 3.8) is 0 Å². The van der Waals surface area contributed by atoms with E-state index < -0.39 is 0 Å². The zero-order valence-electron chi connectivity index (χ0n) is 14.4. The molecule has 0 saturated carbocycles. The highest BCUT2D eigenvalue weighted by molar-refractivity contribution is 5.78. The van der Waals surface area contributed by atoms with Crippen LogP contribution in [0.15, 0.2) is 0 Å². The topological polar surface area (TPSA) is 70.8 Å². The van der Waals surface area contributed by atoms with Crippen LogP contribution < -0.4 is 0 Å². The van der Waals surface area contributed by atoms with Gasteiger partial charge in [0.05, 0.1) is 25.1 Å². The number of carbonyl (C=O) groups is 1. The average Bonchev–Trinajstić information content (AvgIpc) is 2.45. The number of hydrogen-bond acceptors (Lipinski definition) is 5. The second kappa shape index (κ2) is 8.47. The molecule has 6 heteroatoms. The molecule has 0 spiro atoms. The van der Waals surface area contributed by atoms with Crippen molar-refractivity contribution in [3.05, 3.63) is 0 Å². The van der Waals surface area contributed by atoms with Crippen LogP contribution in [-0.4, -0.2) is 84.7 Å². The lowest BCUT2D eigenvalue weighted by Crippen LogP contribution is -2.52. The Morgan fingerprint density at radius 3 is 2.32 bits per heavy atom. The third-order valence-electron chi connectivity index (χ3n) is 4.24. The Labute approximate surface area is 134 Å². The van der Waals surface area contributed by atoms with Crippen molar-refractivity contribution in [2.75, 3.05) is 52.9 Å². The first-order valence-electron chi connectivity index (χ1n) is 7.97. The van der Waals surface area contributed by atoms with Crippen molar-refractivity contribution in [3.8, 4) is 6.07 Å². The molecule has 1 atom stereocenters. The van der Waals surface area contributed by atoms with Crippen molar-refractivity contribution in [2.24, 2.45) is 5.41 Å². The van der Waals surface area contributed by atoms with Crippen LogP contribution in [0.1, 0.15) is 27.2 Å². The maximum atomic E-state index is 12.0. The molecule has 1 rings (SSSR count). The Morgan fingerprint density at radius 1 is 1.27 bits per heavy atom. The first-order chi connectivity index (χ1) is 10.2. The second-order valence-electron chi connectivity index (χ2n) is 7.18. The van der Waals surface area contributed by atoms with Gasteiger partial charge in [-0.1, -0.05) is 20.8 Å². The number of hydrogen-bond donors (Lipinski definition) is 1. The average molecular weight is 310 g/mol. The molecule has 1 N–H and O–H groups in total. The minimum Gasteiger partial charge on any atom is -0.391 e. The number of nitriles is 1. The number of likely N-dealkylation sites (N-methyl/N-ethyl adjacent to an activating group) is 1. The van der Waals surface area contributed by atoms with E-state index >= 15 is 0 Å². The summed E-state index contributed by atoms with van der Waals surface area (Å²) in [5.41, 5.74) is -0.101. The van der Waals surface area contributed by atoms with E-state index in [-0.39, 0.29) is 17.4 Å². The van der Waals surface area contributed by atoms with Gasteiger partial charge in [-0.15, -0.1) is 0 Å². The predicted octanol–water partition coefficient (Wildman–Crippen LogP) is 0.383. The highest BCUT2D eigenvalue weighted by Gasteiger charge is 2.27. The number of carbonyl (C=O) groups excluding carboxylic acids is 1. The summed E-state index contributed by atoms with van der Waals surface area (Å²) in [6.07, 6.45) is 0.0403. The summed E-state index contributed by atoms with van der Waals surface area (Å²) < 4.78 is 0. The van der Waals surface area contributed by atoms with Crippen molar-refractivity contribution in [1.82, 2.24) is 14.7 Å². The standard InChI is InChI=1S/C16H30N4O2/c1-16(2,3)14(21)12-19-8-10-20(11-9-19)13-15(22)18(4)7-5-6-17/h14,21H,5,7-13H2,1-4H3/t14-/m0/s1. The van der Waals surface area contributed by atoms with Gasteiger partial charge in [-0.25, -0.2) is 0 Å². The summed E-state index contributed by atoms with van der Waals surface area (Å²) in [5.74, 6) is 0.0680. The summed E-state index contributed by atoms with van der Waals surface area (Å²) in [6.45, 7) is 11.2. The third-order valence-corrected chi connectivity index (χ3v) is 4.24. The van der Waals surface area contributed by atoms with Crippen molar-refractivity contribution in [2.45, 2.75) is 33.3 Å². The van der Waals surface area contributed by atoms with E-state index in [1.165, 1.54) is 0 Å². The van der Waals surface area contributed by atoms with Crippen LogP contribution in [0, 0.1) is 16.7 Å². The quantitative estimate of drug-likeness (QED) is 0.768. The van der Waals surface area contributed by atoms with E-state index in [0.717, 1.165) is 26.2 Å². The number of β-amino-alcohol motifs (C(OH)–C–C–N with tert-alkyl or cyclic N) is 1. The SMILES string of the molecule is CN(CCC#N)C(=O)CN1CCN(C[C@H](O)C(C)(C)C)CC1. The zero-order valence-corrected chi connectivity index (χ0v) is 14.4. The van der Waals surface area contributed by atoms with Gasteiger partial charge in [-0.05, 0) is 5.41 Å². The van der Waals surface area contributed by atoms with Crippen molar-refractivity contribution >= 4 is 5.91 Å². The summed E-state index contributed by atoms with van der Waals surface area (Å²) in [5, 5.41) is 18.7. The molecule has 0 unspecified atom stereocenters. The Bertz CT molecular complexity index is 392. The van der Waals surface area contributed by atoms with Gasteiger partial charge in [0.1, 0.15) is 0 Å². The molecule has 126 valence electrons. The predicted molar refractivity (Wildman–Crippen MR) is 86.2 cm³/mol. The maximum absolute atomic E-state index is 12.0. The highest BCUT2D eigenvalue weighted by atomic mass is 16.3. The van der Waals surface area contributed by atoms with E-state index in [2.05, 4.69) is 15.9 Å². The molecule has 1 aliphatic rings. The van der Waals surface area contributed by atoms with E-state index in [1.54, 1.807) is 11.9 Å². The molecule has 0 aromatic carbocycles. The lowest BCUT2D eigenvalue weighted by atomic mass is 9.89. The summed E-state index contributed by atoms with van der Waals surface area (Å²) >= 11 is 0.